The highest BCUT2D eigenvalue weighted by atomic mass is 127. The van der Waals surface area contributed by atoms with Crippen molar-refractivity contribution in [1.82, 2.24) is 9.55 Å². The van der Waals surface area contributed by atoms with Gasteiger partial charge in [0.05, 0.1) is 22.1 Å². The molecule has 0 aliphatic carbocycles. The first-order chi connectivity index (χ1) is 8.09. The second-order valence-electron chi connectivity index (χ2n) is 4.00. The topological polar surface area (TPSA) is 34.9 Å². The van der Waals surface area contributed by atoms with E-state index < -0.39 is 0 Å². The second kappa shape index (κ2) is 5.00. The van der Waals surface area contributed by atoms with Crippen molar-refractivity contribution in [3.63, 3.8) is 0 Å². The zero-order valence-electron chi connectivity index (χ0n) is 9.77. The molecule has 0 amide bonds. The molecule has 0 fully saturated rings. The molecule has 0 spiro atoms. The van der Waals surface area contributed by atoms with Crippen LogP contribution in [0.1, 0.15) is 16.8 Å². The molecule has 1 heterocycles. The van der Waals surface area contributed by atoms with Crippen LogP contribution < -0.4 is 5.56 Å². The third kappa shape index (κ3) is 2.57. The standard InChI is InChI=1S/C13H13IN2O/c1-9-5-3-4-6-11(9)7-16-8-15-10(2)12(14)13(16)17/h3-6,8H,7H2,1-2H3. The monoisotopic (exact) mass is 340 g/mol. The van der Waals surface area contributed by atoms with Gasteiger partial charge in [0.25, 0.3) is 5.56 Å². The summed E-state index contributed by atoms with van der Waals surface area (Å²) < 4.78 is 2.34. The van der Waals surface area contributed by atoms with Crippen molar-refractivity contribution in [3.05, 3.63) is 61.3 Å². The number of rotatable bonds is 2. The summed E-state index contributed by atoms with van der Waals surface area (Å²) in [5, 5.41) is 0. The molecule has 0 saturated heterocycles. The molecule has 0 atom stereocenters. The molecular weight excluding hydrogens is 327 g/mol. The van der Waals surface area contributed by atoms with E-state index in [0.29, 0.717) is 10.1 Å². The zero-order chi connectivity index (χ0) is 12.4. The fourth-order valence-corrected chi connectivity index (χ4v) is 2.08. The molecule has 2 aromatic rings. The van der Waals surface area contributed by atoms with Gasteiger partial charge in [-0.1, -0.05) is 24.3 Å². The normalized spacial score (nSPS) is 10.5. The van der Waals surface area contributed by atoms with E-state index in [0.717, 1.165) is 11.3 Å². The van der Waals surface area contributed by atoms with E-state index in [1.54, 1.807) is 10.9 Å². The summed E-state index contributed by atoms with van der Waals surface area (Å²) in [5.74, 6) is 0. The average molecular weight is 340 g/mol. The minimum absolute atomic E-state index is 0.0290. The predicted octanol–water partition coefficient (Wildman–Crippen LogP) is 2.51. The first kappa shape index (κ1) is 12.3. The number of hydrogen-bond donors (Lipinski definition) is 0. The van der Waals surface area contributed by atoms with E-state index in [-0.39, 0.29) is 5.56 Å². The van der Waals surface area contributed by atoms with Crippen molar-refractivity contribution >= 4 is 22.6 Å². The maximum atomic E-state index is 12.0. The van der Waals surface area contributed by atoms with Crippen LogP contribution in [-0.4, -0.2) is 9.55 Å². The van der Waals surface area contributed by atoms with Crippen molar-refractivity contribution in [2.24, 2.45) is 0 Å². The Bertz CT molecular complexity index is 605. The summed E-state index contributed by atoms with van der Waals surface area (Å²) in [4.78, 5) is 16.2. The first-order valence-corrected chi connectivity index (χ1v) is 6.43. The van der Waals surface area contributed by atoms with Gasteiger partial charge in [-0.15, -0.1) is 0 Å². The Kier molecular flexibility index (Phi) is 3.61. The van der Waals surface area contributed by atoms with Crippen LogP contribution in [-0.2, 0) is 6.54 Å². The molecule has 0 bridgehead atoms. The molecule has 1 aromatic heterocycles. The third-order valence-electron chi connectivity index (χ3n) is 2.76. The third-order valence-corrected chi connectivity index (χ3v) is 4.00. The summed E-state index contributed by atoms with van der Waals surface area (Å²) in [7, 11) is 0. The lowest BCUT2D eigenvalue weighted by Gasteiger charge is -2.09. The van der Waals surface area contributed by atoms with Crippen LogP contribution in [0.2, 0.25) is 0 Å². The number of hydrogen-bond acceptors (Lipinski definition) is 2. The summed E-state index contributed by atoms with van der Waals surface area (Å²) >= 11 is 2.05. The van der Waals surface area contributed by atoms with E-state index in [9.17, 15) is 4.79 Å². The Balaban J connectivity index is 2.41. The highest BCUT2D eigenvalue weighted by Gasteiger charge is 2.06. The lowest BCUT2D eigenvalue weighted by molar-refractivity contribution is 0.720. The average Bonchev–Trinajstić information content (AvgIpc) is 2.32. The van der Waals surface area contributed by atoms with E-state index in [4.69, 9.17) is 0 Å². The van der Waals surface area contributed by atoms with Gasteiger partial charge in [-0.25, -0.2) is 4.98 Å². The fourth-order valence-electron chi connectivity index (χ4n) is 1.63. The summed E-state index contributed by atoms with van der Waals surface area (Å²) in [6.07, 6.45) is 1.62. The van der Waals surface area contributed by atoms with Gasteiger partial charge in [0.2, 0.25) is 0 Å². The molecule has 3 nitrogen and oxygen atoms in total. The molecule has 2 rings (SSSR count). The lowest BCUT2D eigenvalue weighted by atomic mass is 10.1. The number of aryl methyl sites for hydroxylation is 2. The molecule has 88 valence electrons. The predicted molar refractivity (Wildman–Crippen MR) is 76.2 cm³/mol. The van der Waals surface area contributed by atoms with Crippen molar-refractivity contribution in [2.75, 3.05) is 0 Å². The SMILES string of the molecule is Cc1ccccc1Cn1cnc(C)c(I)c1=O. The highest BCUT2D eigenvalue weighted by Crippen LogP contribution is 2.09. The molecule has 0 aliphatic rings. The van der Waals surface area contributed by atoms with Crippen molar-refractivity contribution in [2.45, 2.75) is 20.4 Å². The summed E-state index contributed by atoms with van der Waals surface area (Å²) in [6, 6.07) is 8.07. The Hall–Kier alpha value is -1.17. The molecular formula is C13H13IN2O. The van der Waals surface area contributed by atoms with Gasteiger partial charge < -0.3 is 0 Å². The highest BCUT2D eigenvalue weighted by molar-refractivity contribution is 14.1. The maximum absolute atomic E-state index is 12.0. The molecule has 0 radical (unpaired) electrons. The second-order valence-corrected chi connectivity index (χ2v) is 5.08. The summed E-state index contributed by atoms with van der Waals surface area (Å²) in [6.45, 7) is 4.48. The fraction of sp³-hybridized carbons (Fsp3) is 0.231. The van der Waals surface area contributed by atoms with E-state index >= 15 is 0 Å². The molecule has 0 aliphatic heterocycles. The molecule has 0 N–H and O–H groups in total. The van der Waals surface area contributed by atoms with Crippen molar-refractivity contribution < 1.29 is 0 Å². The Morgan fingerprint density at radius 3 is 2.71 bits per heavy atom. The van der Waals surface area contributed by atoms with Crippen molar-refractivity contribution in [3.8, 4) is 0 Å². The van der Waals surface area contributed by atoms with Gasteiger partial charge >= 0.3 is 0 Å². The molecule has 0 unspecified atom stereocenters. The minimum Gasteiger partial charge on any atom is -0.294 e. The Morgan fingerprint density at radius 2 is 2.00 bits per heavy atom. The van der Waals surface area contributed by atoms with Crippen LogP contribution in [0.4, 0.5) is 0 Å². The van der Waals surface area contributed by atoms with Crippen molar-refractivity contribution in [1.29, 1.82) is 0 Å². The molecule has 4 heteroatoms. The van der Waals surface area contributed by atoms with Gasteiger partial charge in [0, 0.05) is 0 Å². The van der Waals surface area contributed by atoms with Gasteiger partial charge in [0.15, 0.2) is 0 Å². The molecule has 0 saturated carbocycles. The quantitative estimate of drug-likeness (QED) is 0.788. The molecule has 1 aromatic carbocycles. The van der Waals surface area contributed by atoms with E-state index in [1.807, 2.05) is 38.1 Å². The van der Waals surface area contributed by atoms with Gasteiger partial charge in [-0.2, -0.15) is 0 Å². The number of halogens is 1. The maximum Gasteiger partial charge on any atom is 0.267 e. The van der Waals surface area contributed by atoms with Gasteiger partial charge in [-0.3, -0.25) is 9.36 Å². The Labute approximate surface area is 114 Å². The van der Waals surface area contributed by atoms with Crippen LogP contribution in [0.25, 0.3) is 0 Å². The lowest BCUT2D eigenvalue weighted by Crippen LogP contribution is -2.24. The smallest absolute Gasteiger partial charge is 0.267 e. The summed E-state index contributed by atoms with van der Waals surface area (Å²) in [5.41, 5.74) is 3.16. The van der Waals surface area contributed by atoms with Crippen LogP contribution >= 0.6 is 22.6 Å². The van der Waals surface area contributed by atoms with Crippen LogP contribution in [0.3, 0.4) is 0 Å². The largest absolute Gasteiger partial charge is 0.294 e. The number of benzene rings is 1. The van der Waals surface area contributed by atoms with E-state index in [1.165, 1.54) is 5.56 Å². The van der Waals surface area contributed by atoms with Gasteiger partial charge in [0.1, 0.15) is 0 Å². The van der Waals surface area contributed by atoms with Gasteiger partial charge in [-0.05, 0) is 47.6 Å². The van der Waals surface area contributed by atoms with Crippen LogP contribution in [0.15, 0.2) is 35.4 Å². The van der Waals surface area contributed by atoms with Crippen LogP contribution in [0, 0.1) is 17.4 Å². The van der Waals surface area contributed by atoms with E-state index in [2.05, 4.69) is 27.6 Å². The van der Waals surface area contributed by atoms with Crippen LogP contribution in [0.5, 0.6) is 0 Å². The number of aromatic nitrogens is 2. The zero-order valence-corrected chi connectivity index (χ0v) is 11.9. The Morgan fingerprint density at radius 1 is 1.29 bits per heavy atom. The molecule has 17 heavy (non-hydrogen) atoms. The minimum atomic E-state index is 0.0290. The first-order valence-electron chi connectivity index (χ1n) is 5.35. The number of nitrogens with zero attached hydrogens (tertiary/aromatic N) is 2.